The number of nitrogens with zero attached hydrogens (tertiary/aromatic N) is 1. The molecule has 4 nitrogen and oxygen atoms in total. The Hall–Kier alpha value is -2.10. The summed E-state index contributed by atoms with van der Waals surface area (Å²) < 4.78 is 0. The maximum Gasteiger partial charge on any atom is 0.303 e. The van der Waals surface area contributed by atoms with Gasteiger partial charge in [-0.2, -0.15) is 0 Å². The average molecular weight is 244 g/mol. The number of carboxylic acid groups (broad SMARTS) is 1. The smallest absolute Gasteiger partial charge is 0.303 e. The minimum absolute atomic E-state index is 0.0989. The Kier molecular flexibility index (Phi) is 3.77. The van der Waals surface area contributed by atoms with Gasteiger partial charge >= 0.3 is 5.97 Å². The van der Waals surface area contributed by atoms with Gasteiger partial charge in [0.25, 0.3) is 0 Å². The topological polar surface area (TPSA) is 66.0 Å². The van der Waals surface area contributed by atoms with E-state index in [-0.39, 0.29) is 6.42 Å². The number of hydrogen-bond acceptors (Lipinski definition) is 2. The molecule has 2 N–H and O–H groups in total. The normalized spacial score (nSPS) is 10.5. The molecule has 1 heterocycles. The number of aryl methyl sites for hydroxylation is 2. The van der Waals surface area contributed by atoms with Crippen molar-refractivity contribution in [1.82, 2.24) is 9.97 Å². The van der Waals surface area contributed by atoms with Crippen LogP contribution in [0, 0.1) is 0 Å². The summed E-state index contributed by atoms with van der Waals surface area (Å²) in [6, 6.07) is 8.28. The van der Waals surface area contributed by atoms with Crippen molar-refractivity contribution in [2.75, 3.05) is 0 Å². The average Bonchev–Trinajstić information content (AvgIpc) is 2.85. The van der Waals surface area contributed by atoms with E-state index in [9.17, 15) is 4.79 Å². The lowest BCUT2D eigenvalue weighted by Crippen LogP contribution is -1.98. The molecule has 0 atom stereocenters. The lowest BCUT2D eigenvalue weighted by molar-refractivity contribution is -0.137. The first kappa shape index (κ1) is 12.4. The zero-order valence-corrected chi connectivity index (χ0v) is 10.3. The number of nitrogens with one attached hydrogen (secondary N) is 1. The summed E-state index contributed by atoms with van der Waals surface area (Å²) in [7, 11) is 0. The molecule has 1 aromatic carbocycles. The Morgan fingerprint density at radius 3 is 2.67 bits per heavy atom. The zero-order chi connectivity index (χ0) is 13.0. The molecule has 18 heavy (non-hydrogen) atoms. The van der Waals surface area contributed by atoms with E-state index in [1.165, 1.54) is 5.56 Å². The molecule has 94 valence electrons. The Morgan fingerprint density at radius 1 is 1.33 bits per heavy atom. The molecule has 0 aliphatic rings. The van der Waals surface area contributed by atoms with Gasteiger partial charge in [0.05, 0.1) is 18.3 Å². The van der Waals surface area contributed by atoms with E-state index >= 15 is 0 Å². The SMILES string of the molecule is CCc1ccc(-c2cnc(CCC(=O)O)[nH]2)cc1. The molecule has 2 aromatic rings. The fourth-order valence-corrected chi connectivity index (χ4v) is 1.78. The molecule has 0 aliphatic heterocycles. The molecule has 0 aliphatic carbocycles. The van der Waals surface area contributed by atoms with Crippen molar-refractivity contribution < 1.29 is 9.90 Å². The first-order valence-corrected chi connectivity index (χ1v) is 6.04. The summed E-state index contributed by atoms with van der Waals surface area (Å²) >= 11 is 0. The highest BCUT2D eigenvalue weighted by Gasteiger charge is 2.05. The van der Waals surface area contributed by atoms with Crippen molar-refractivity contribution in [1.29, 1.82) is 0 Å². The summed E-state index contributed by atoms with van der Waals surface area (Å²) in [6.07, 6.45) is 3.30. The fourth-order valence-electron chi connectivity index (χ4n) is 1.78. The van der Waals surface area contributed by atoms with Crippen LogP contribution in [0.4, 0.5) is 0 Å². The third-order valence-electron chi connectivity index (χ3n) is 2.88. The monoisotopic (exact) mass is 244 g/mol. The highest BCUT2D eigenvalue weighted by atomic mass is 16.4. The molecule has 1 aromatic heterocycles. The van der Waals surface area contributed by atoms with Crippen LogP contribution in [0.2, 0.25) is 0 Å². The van der Waals surface area contributed by atoms with Gasteiger partial charge in [-0.25, -0.2) is 4.98 Å². The molecule has 0 saturated carbocycles. The lowest BCUT2D eigenvalue weighted by Gasteiger charge is -1.99. The summed E-state index contributed by atoms with van der Waals surface area (Å²) in [5.41, 5.74) is 3.30. The molecule has 0 radical (unpaired) electrons. The van der Waals surface area contributed by atoms with Crippen LogP contribution in [0.15, 0.2) is 30.5 Å². The number of carbonyl (C=O) groups is 1. The minimum atomic E-state index is -0.805. The Labute approximate surface area is 106 Å². The second-order valence-electron chi connectivity index (χ2n) is 4.19. The molecule has 0 fully saturated rings. The fraction of sp³-hybridized carbons (Fsp3) is 0.286. The Morgan fingerprint density at radius 2 is 2.06 bits per heavy atom. The van der Waals surface area contributed by atoms with E-state index in [0.29, 0.717) is 12.2 Å². The van der Waals surface area contributed by atoms with Crippen LogP contribution in [0.25, 0.3) is 11.3 Å². The number of imidazole rings is 1. The number of benzene rings is 1. The maximum absolute atomic E-state index is 10.5. The minimum Gasteiger partial charge on any atom is -0.481 e. The Balaban J connectivity index is 2.10. The van der Waals surface area contributed by atoms with Crippen molar-refractivity contribution in [3.8, 4) is 11.3 Å². The van der Waals surface area contributed by atoms with Crippen LogP contribution in [-0.4, -0.2) is 21.0 Å². The zero-order valence-electron chi connectivity index (χ0n) is 10.3. The van der Waals surface area contributed by atoms with Gasteiger partial charge in [-0.05, 0) is 17.5 Å². The standard InChI is InChI=1S/C14H16N2O2/c1-2-10-3-5-11(6-4-10)12-9-15-13(16-12)7-8-14(17)18/h3-6,9H,2,7-8H2,1H3,(H,15,16)(H,17,18). The molecule has 0 spiro atoms. The van der Waals surface area contributed by atoms with Crippen molar-refractivity contribution in [3.05, 3.63) is 41.9 Å². The van der Waals surface area contributed by atoms with Crippen LogP contribution >= 0.6 is 0 Å². The number of aliphatic carboxylic acids is 1. The molecular formula is C14H16N2O2. The van der Waals surface area contributed by atoms with Gasteiger partial charge in [-0.15, -0.1) is 0 Å². The first-order valence-electron chi connectivity index (χ1n) is 6.04. The van der Waals surface area contributed by atoms with E-state index in [0.717, 1.165) is 17.7 Å². The van der Waals surface area contributed by atoms with Gasteiger partial charge in [-0.3, -0.25) is 4.79 Å². The largest absolute Gasteiger partial charge is 0.481 e. The van der Waals surface area contributed by atoms with E-state index in [2.05, 4.69) is 29.0 Å². The number of H-pyrrole nitrogens is 1. The van der Waals surface area contributed by atoms with E-state index < -0.39 is 5.97 Å². The lowest BCUT2D eigenvalue weighted by atomic mass is 10.1. The first-order chi connectivity index (χ1) is 8.69. The van der Waals surface area contributed by atoms with Gasteiger partial charge in [0, 0.05) is 6.42 Å². The number of hydrogen-bond donors (Lipinski definition) is 2. The number of carboxylic acids is 1. The highest BCUT2D eigenvalue weighted by Crippen LogP contribution is 2.18. The van der Waals surface area contributed by atoms with Gasteiger partial charge in [0.1, 0.15) is 5.82 Å². The van der Waals surface area contributed by atoms with E-state index in [1.54, 1.807) is 6.20 Å². The predicted octanol–water partition coefficient (Wildman–Crippen LogP) is 2.66. The van der Waals surface area contributed by atoms with Crippen molar-refractivity contribution in [2.24, 2.45) is 0 Å². The van der Waals surface area contributed by atoms with Crippen LogP contribution in [0.5, 0.6) is 0 Å². The molecular weight excluding hydrogens is 228 g/mol. The van der Waals surface area contributed by atoms with Crippen LogP contribution in [0.1, 0.15) is 24.7 Å². The van der Waals surface area contributed by atoms with Gasteiger partial charge < -0.3 is 10.1 Å². The van der Waals surface area contributed by atoms with Crippen molar-refractivity contribution in [2.45, 2.75) is 26.2 Å². The van der Waals surface area contributed by atoms with E-state index in [1.807, 2.05) is 12.1 Å². The van der Waals surface area contributed by atoms with E-state index in [4.69, 9.17) is 5.11 Å². The van der Waals surface area contributed by atoms with Crippen LogP contribution in [-0.2, 0) is 17.6 Å². The Bertz CT molecular complexity index is 529. The van der Waals surface area contributed by atoms with Crippen LogP contribution < -0.4 is 0 Å². The third-order valence-corrected chi connectivity index (χ3v) is 2.88. The molecule has 2 rings (SSSR count). The number of aromatic nitrogens is 2. The highest BCUT2D eigenvalue weighted by molar-refractivity contribution is 5.67. The third kappa shape index (κ3) is 2.97. The summed E-state index contributed by atoms with van der Waals surface area (Å²) in [5, 5.41) is 8.61. The van der Waals surface area contributed by atoms with Crippen molar-refractivity contribution >= 4 is 5.97 Å². The van der Waals surface area contributed by atoms with Crippen molar-refractivity contribution in [3.63, 3.8) is 0 Å². The summed E-state index contributed by atoms with van der Waals surface area (Å²) in [5.74, 6) is -0.0905. The molecule has 4 heteroatoms. The molecule has 0 amide bonds. The molecule has 0 unspecified atom stereocenters. The van der Waals surface area contributed by atoms with Gasteiger partial charge in [0.2, 0.25) is 0 Å². The van der Waals surface area contributed by atoms with Gasteiger partial charge in [-0.1, -0.05) is 31.2 Å². The summed E-state index contributed by atoms with van der Waals surface area (Å²) in [6.45, 7) is 2.12. The number of aromatic amines is 1. The number of rotatable bonds is 5. The summed E-state index contributed by atoms with van der Waals surface area (Å²) in [4.78, 5) is 17.8. The second kappa shape index (κ2) is 5.49. The van der Waals surface area contributed by atoms with Crippen LogP contribution in [0.3, 0.4) is 0 Å². The molecule has 0 saturated heterocycles. The second-order valence-corrected chi connectivity index (χ2v) is 4.19. The molecule has 0 bridgehead atoms. The van der Waals surface area contributed by atoms with Gasteiger partial charge in [0.15, 0.2) is 0 Å². The maximum atomic E-state index is 10.5. The predicted molar refractivity (Wildman–Crippen MR) is 69.4 cm³/mol. The quantitative estimate of drug-likeness (QED) is 0.849.